The van der Waals surface area contributed by atoms with Crippen LogP contribution in [-0.2, 0) is 9.84 Å². The Bertz CT molecular complexity index is 841. The Hall–Kier alpha value is -1.47. The molecular formula is C16H16ClFN2O2S. The third-order valence-electron chi connectivity index (χ3n) is 4.34. The summed E-state index contributed by atoms with van der Waals surface area (Å²) in [5, 5.41) is -0.442. The largest absolute Gasteiger partial charge is 0.329 e. The van der Waals surface area contributed by atoms with Crippen LogP contribution >= 0.6 is 11.6 Å². The van der Waals surface area contributed by atoms with Gasteiger partial charge in [0, 0.05) is 17.5 Å². The van der Waals surface area contributed by atoms with Crippen molar-refractivity contribution in [1.82, 2.24) is 0 Å². The van der Waals surface area contributed by atoms with E-state index in [1.54, 1.807) is 6.07 Å². The van der Waals surface area contributed by atoms with Gasteiger partial charge < -0.3 is 11.5 Å². The average molecular weight is 355 g/mol. The van der Waals surface area contributed by atoms with Crippen molar-refractivity contribution in [2.75, 3.05) is 6.54 Å². The van der Waals surface area contributed by atoms with Crippen molar-refractivity contribution < 1.29 is 12.8 Å². The molecule has 3 atom stereocenters. The molecule has 122 valence electrons. The molecule has 0 saturated heterocycles. The van der Waals surface area contributed by atoms with Crippen molar-refractivity contribution in [3.8, 4) is 0 Å². The second kappa shape index (κ2) is 5.56. The Morgan fingerprint density at radius 1 is 1.17 bits per heavy atom. The lowest BCUT2D eigenvalue weighted by Gasteiger charge is -2.09. The number of sulfone groups is 1. The van der Waals surface area contributed by atoms with Crippen LogP contribution in [0.3, 0.4) is 0 Å². The van der Waals surface area contributed by atoms with E-state index in [-0.39, 0.29) is 11.4 Å². The van der Waals surface area contributed by atoms with Gasteiger partial charge in [-0.3, -0.25) is 0 Å². The molecule has 4 N–H and O–H groups in total. The van der Waals surface area contributed by atoms with Crippen molar-refractivity contribution in [3.63, 3.8) is 0 Å². The van der Waals surface area contributed by atoms with E-state index in [0.29, 0.717) is 10.6 Å². The molecule has 2 aromatic rings. The molecule has 0 radical (unpaired) electrons. The smallest absolute Gasteiger partial charge is 0.183 e. The maximum Gasteiger partial charge on any atom is 0.183 e. The molecule has 0 bridgehead atoms. The fraction of sp³-hybridized carbons (Fsp3) is 0.250. The van der Waals surface area contributed by atoms with Gasteiger partial charge in [-0.05, 0) is 42.0 Å². The van der Waals surface area contributed by atoms with Crippen molar-refractivity contribution in [1.29, 1.82) is 0 Å². The third-order valence-corrected chi connectivity index (χ3v) is 6.90. The molecule has 23 heavy (non-hydrogen) atoms. The second-order valence-corrected chi connectivity index (χ2v) is 8.27. The van der Waals surface area contributed by atoms with Gasteiger partial charge in [-0.1, -0.05) is 23.7 Å². The molecule has 1 saturated carbocycles. The van der Waals surface area contributed by atoms with Gasteiger partial charge in [0.05, 0.1) is 15.7 Å². The summed E-state index contributed by atoms with van der Waals surface area (Å²) in [7, 11) is -3.70. The van der Waals surface area contributed by atoms with Crippen LogP contribution in [0.15, 0.2) is 53.4 Å². The average Bonchev–Trinajstić information content (AvgIpc) is 3.15. The molecule has 0 amide bonds. The summed E-state index contributed by atoms with van der Waals surface area (Å²) in [6.45, 7) is -0.00827. The number of nitrogens with two attached hydrogens (primary N) is 2. The number of halogens is 2. The number of benzene rings is 2. The first-order valence-electron chi connectivity index (χ1n) is 7.04. The summed E-state index contributed by atoms with van der Waals surface area (Å²) >= 11 is 5.80. The van der Waals surface area contributed by atoms with E-state index in [1.165, 1.54) is 42.5 Å². The second-order valence-electron chi connectivity index (χ2n) is 5.77. The van der Waals surface area contributed by atoms with Crippen LogP contribution in [0.2, 0.25) is 5.02 Å². The van der Waals surface area contributed by atoms with Crippen LogP contribution in [0.25, 0.3) is 0 Å². The zero-order valence-electron chi connectivity index (χ0n) is 12.1. The van der Waals surface area contributed by atoms with E-state index in [2.05, 4.69) is 0 Å². The predicted molar refractivity (Wildman–Crippen MR) is 87.5 cm³/mol. The quantitative estimate of drug-likeness (QED) is 0.880. The maximum absolute atomic E-state index is 13.5. The molecule has 4 nitrogen and oxygen atoms in total. The fourth-order valence-corrected chi connectivity index (χ4v) is 5.54. The summed E-state index contributed by atoms with van der Waals surface area (Å²) in [4.78, 5) is 0.133. The molecule has 0 aromatic heterocycles. The van der Waals surface area contributed by atoms with Gasteiger partial charge in [-0.15, -0.1) is 0 Å². The SMILES string of the molecule is NCC1(N)C(c2cccc(F)c2)C1S(=O)(=O)c1ccc(Cl)cc1. The summed E-state index contributed by atoms with van der Waals surface area (Å²) in [6, 6.07) is 11.7. The minimum atomic E-state index is -3.70. The number of hydrogen-bond acceptors (Lipinski definition) is 4. The Balaban J connectivity index is 2.03. The topological polar surface area (TPSA) is 86.2 Å². The minimum Gasteiger partial charge on any atom is -0.329 e. The molecule has 1 aliphatic carbocycles. The van der Waals surface area contributed by atoms with Gasteiger partial charge in [0.2, 0.25) is 0 Å². The summed E-state index contributed by atoms with van der Waals surface area (Å²) in [5.74, 6) is -0.972. The highest BCUT2D eigenvalue weighted by atomic mass is 35.5. The molecular weight excluding hydrogens is 339 g/mol. The monoisotopic (exact) mass is 354 g/mol. The Kier molecular flexibility index (Phi) is 3.96. The van der Waals surface area contributed by atoms with Crippen LogP contribution in [0.4, 0.5) is 4.39 Å². The first-order chi connectivity index (χ1) is 10.8. The van der Waals surface area contributed by atoms with E-state index in [4.69, 9.17) is 23.1 Å². The lowest BCUT2D eigenvalue weighted by atomic mass is 10.1. The lowest BCUT2D eigenvalue weighted by Crippen LogP contribution is -2.39. The lowest BCUT2D eigenvalue weighted by molar-refractivity contribution is 0.586. The van der Waals surface area contributed by atoms with Gasteiger partial charge in [0.15, 0.2) is 9.84 Å². The van der Waals surface area contributed by atoms with Crippen molar-refractivity contribution in [2.45, 2.75) is 21.6 Å². The molecule has 3 rings (SSSR count). The molecule has 0 aliphatic heterocycles. The van der Waals surface area contributed by atoms with E-state index in [0.717, 1.165) is 0 Å². The molecule has 2 aromatic carbocycles. The van der Waals surface area contributed by atoms with Crippen LogP contribution < -0.4 is 11.5 Å². The molecule has 0 heterocycles. The van der Waals surface area contributed by atoms with Crippen LogP contribution in [-0.4, -0.2) is 25.8 Å². The van der Waals surface area contributed by atoms with Crippen molar-refractivity contribution >= 4 is 21.4 Å². The Morgan fingerprint density at radius 2 is 1.83 bits per heavy atom. The first-order valence-corrected chi connectivity index (χ1v) is 8.97. The predicted octanol–water partition coefficient (Wildman–Crippen LogP) is 2.07. The Morgan fingerprint density at radius 3 is 2.39 bits per heavy atom. The normalized spacial score (nSPS) is 27.0. The van der Waals surface area contributed by atoms with E-state index in [1.807, 2.05) is 0 Å². The number of hydrogen-bond donors (Lipinski definition) is 2. The van der Waals surface area contributed by atoms with Crippen LogP contribution in [0, 0.1) is 5.82 Å². The molecule has 0 spiro atoms. The first kappa shape index (κ1) is 16.4. The fourth-order valence-electron chi connectivity index (χ4n) is 3.09. The number of rotatable bonds is 4. The van der Waals surface area contributed by atoms with Crippen LogP contribution in [0.5, 0.6) is 0 Å². The van der Waals surface area contributed by atoms with E-state index < -0.39 is 32.4 Å². The minimum absolute atomic E-state index is 0.00827. The third kappa shape index (κ3) is 2.65. The molecule has 3 unspecified atom stereocenters. The molecule has 1 fully saturated rings. The van der Waals surface area contributed by atoms with E-state index in [9.17, 15) is 12.8 Å². The standard InChI is InChI=1S/C16H16ClFN2O2S/c17-11-4-6-13(7-5-11)23(21,22)15-14(16(15,20)9-19)10-2-1-3-12(18)8-10/h1-8,14-15H,9,19-20H2. The van der Waals surface area contributed by atoms with Gasteiger partial charge in [0.1, 0.15) is 5.82 Å². The van der Waals surface area contributed by atoms with Crippen molar-refractivity contribution in [3.05, 3.63) is 64.9 Å². The zero-order chi connectivity index (χ0) is 16.8. The summed E-state index contributed by atoms with van der Waals surface area (Å²) in [6.07, 6.45) is 0. The summed E-state index contributed by atoms with van der Waals surface area (Å²) < 4.78 is 39.2. The van der Waals surface area contributed by atoms with Crippen molar-refractivity contribution in [2.24, 2.45) is 11.5 Å². The highest BCUT2D eigenvalue weighted by Gasteiger charge is 2.68. The molecule has 1 aliphatic rings. The van der Waals surface area contributed by atoms with Gasteiger partial charge in [0.25, 0.3) is 0 Å². The van der Waals surface area contributed by atoms with E-state index >= 15 is 0 Å². The van der Waals surface area contributed by atoms with Gasteiger partial charge in [-0.2, -0.15) is 0 Å². The maximum atomic E-state index is 13.5. The van der Waals surface area contributed by atoms with Gasteiger partial charge in [-0.25, -0.2) is 12.8 Å². The molecule has 7 heteroatoms. The highest BCUT2D eigenvalue weighted by molar-refractivity contribution is 7.92. The highest BCUT2D eigenvalue weighted by Crippen LogP contribution is 2.55. The van der Waals surface area contributed by atoms with Crippen LogP contribution in [0.1, 0.15) is 11.5 Å². The summed E-state index contributed by atoms with van der Waals surface area (Å²) in [5.41, 5.74) is 11.4. The Labute approximate surface area is 139 Å². The zero-order valence-corrected chi connectivity index (χ0v) is 13.7. The van der Waals surface area contributed by atoms with Gasteiger partial charge >= 0.3 is 0 Å².